The minimum atomic E-state index is -4.25. The monoisotopic (exact) mass is 325 g/mol. The van der Waals surface area contributed by atoms with Gasteiger partial charge in [0, 0.05) is 30.4 Å². The Balaban J connectivity index is 3.62. The second-order valence-electron chi connectivity index (χ2n) is 4.11. The molecule has 0 aliphatic rings. The summed E-state index contributed by atoms with van der Waals surface area (Å²) in [4.78, 5) is 14.7. The number of halogens is 2. The number of hydrogen-bond donors (Lipinski definition) is 1. The highest BCUT2D eigenvalue weighted by Crippen LogP contribution is 2.35. The number of hydrogen-bond acceptors (Lipinski definition) is 5. The topological polar surface area (TPSA) is 93.6 Å². The summed E-state index contributed by atoms with van der Waals surface area (Å²) in [5, 5.41) is 9.35. The highest BCUT2D eigenvalue weighted by Gasteiger charge is 2.46. The van der Waals surface area contributed by atoms with Crippen molar-refractivity contribution in [3.8, 4) is 0 Å². The number of alkyl halides is 1. The zero-order valence-corrected chi connectivity index (χ0v) is 12.3. The summed E-state index contributed by atoms with van der Waals surface area (Å²) in [6.07, 6.45) is -0.977. The molecule has 2 unspecified atom stereocenters. The van der Waals surface area contributed by atoms with Crippen molar-refractivity contribution in [3.05, 3.63) is 24.0 Å². The average Bonchev–Trinajstić information content (AvgIpc) is 2.34. The summed E-state index contributed by atoms with van der Waals surface area (Å²) in [6, 6.07) is 2.37. The van der Waals surface area contributed by atoms with Crippen LogP contribution in [-0.4, -0.2) is 37.8 Å². The van der Waals surface area contributed by atoms with E-state index in [1.54, 1.807) is 0 Å². The summed E-state index contributed by atoms with van der Waals surface area (Å²) >= 11 is 0. The molecule has 1 N–H and O–H groups in total. The van der Waals surface area contributed by atoms with Crippen LogP contribution in [0, 0.1) is 0 Å². The third kappa shape index (κ3) is 3.25. The molecule has 0 aliphatic carbocycles. The van der Waals surface area contributed by atoms with Gasteiger partial charge in [0.05, 0.1) is 0 Å². The summed E-state index contributed by atoms with van der Waals surface area (Å²) in [7, 11) is 2.04. The molecule has 1 aromatic heterocycles. The van der Waals surface area contributed by atoms with Gasteiger partial charge >= 0.3 is 5.97 Å². The van der Waals surface area contributed by atoms with Crippen molar-refractivity contribution < 1.29 is 27.4 Å². The molecule has 1 heterocycles. The Morgan fingerprint density at radius 2 is 2.25 bits per heavy atom. The largest absolute Gasteiger partial charge is 0.479 e. The predicted octanol–water partition coefficient (Wildman–Crippen LogP) is 1.68. The van der Waals surface area contributed by atoms with Gasteiger partial charge in [-0.25, -0.2) is 17.6 Å². The Labute approximate surface area is 120 Å². The molecule has 0 amide bonds. The van der Waals surface area contributed by atoms with Gasteiger partial charge in [-0.1, -0.05) is 0 Å². The number of methoxy groups -OCH3 is 1. The molecule has 0 fully saturated rings. The molecule has 0 bridgehead atoms. The van der Waals surface area contributed by atoms with E-state index >= 15 is 0 Å². The summed E-state index contributed by atoms with van der Waals surface area (Å²) in [5.74, 6) is -1.55. The molecule has 0 saturated heterocycles. The number of carboxylic acid groups (broad SMARTS) is 1. The van der Waals surface area contributed by atoms with Crippen molar-refractivity contribution in [3.63, 3.8) is 0 Å². The van der Waals surface area contributed by atoms with Gasteiger partial charge in [-0.3, -0.25) is 4.98 Å². The van der Waals surface area contributed by atoms with Crippen LogP contribution in [0.3, 0.4) is 0 Å². The molecule has 1 rings (SSSR count). The normalized spacial score (nSPS) is 16.4. The molecule has 112 valence electrons. The van der Waals surface area contributed by atoms with Crippen LogP contribution in [0.1, 0.15) is 19.0 Å². The first-order valence-corrected chi connectivity index (χ1v) is 7.79. The Kier molecular flexibility index (Phi) is 5.06. The number of nitrogens with zero attached hydrogens (tertiary/aromatic N) is 1. The zero-order valence-electron chi connectivity index (χ0n) is 10.7. The fourth-order valence-corrected chi connectivity index (χ4v) is 2.90. The predicted molar refractivity (Wildman–Crippen MR) is 68.8 cm³/mol. The minimum absolute atomic E-state index is 0.450. The lowest BCUT2D eigenvalue weighted by Crippen LogP contribution is -2.41. The molecule has 0 spiro atoms. The van der Waals surface area contributed by atoms with Crippen LogP contribution in [0.15, 0.2) is 23.2 Å². The minimum Gasteiger partial charge on any atom is -0.479 e. The molecule has 9 heteroatoms. The summed E-state index contributed by atoms with van der Waals surface area (Å²) in [5.41, 5.74) is -2.68. The van der Waals surface area contributed by atoms with Crippen molar-refractivity contribution in [1.29, 1.82) is 0 Å². The van der Waals surface area contributed by atoms with Gasteiger partial charge in [0.15, 0.2) is 0 Å². The molecule has 20 heavy (non-hydrogen) atoms. The number of ether oxygens (including phenoxy) is 1. The lowest BCUT2D eigenvalue weighted by atomic mass is 9.92. The fraction of sp³-hybridized carbons (Fsp3) is 0.455. The third-order valence-corrected chi connectivity index (χ3v) is 4.03. The molecule has 0 radical (unpaired) electrons. The van der Waals surface area contributed by atoms with Gasteiger partial charge in [0.25, 0.3) is 9.05 Å². The van der Waals surface area contributed by atoms with E-state index in [-0.39, 0.29) is 0 Å². The van der Waals surface area contributed by atoms with E-state index in [9.17, 15) is 22.7 Å². The van der Waals surface area contributed by atoms with Crippen molar-refractivity contribution in [1.82, 2.24) is 4.98 Å². The highest BCUT2D eigenvalue weighted by molar-refractivity contribution is 8.13. The van der Waals surface area contributed by atoms with Crippen molar-refractivity contribution in [2.45, 2.75) is 30.0 Å². The van der Waals surface area contributed by atoms with E-state index < -0.39 is 43.8 Å². The number of aliphatic carboxylic acids is 1. The van der Waals surface area contributed by atoms with Gasteiger partial charge in [0.1, 0.15) is 16.8 Å². The standard InChI is InChI=1S/C11H13ClFNO5S/c1-7(13)6-11(19-2,10(15)16)9-8(20(12,17)18)4-3-5-14-9/h3-5,7H,6H2,1-2H3,(H,15,16). The Morgan fingerprint density at radius 1 is 1.65 bits per heavy atom. The second-order valence-corrected chi connectivity index (χ2v) is 6.64. The Bertz CT molecular complexity index is 607. The van der Waals surface area contributed by atoms with Crippen LogP contribution in [-0.2, 0) is 24.2 Å². The lowest BCUT2D eigenvalue weighted by molar-refractivity contribution is -0.167. The SMILES string of the molecule is COC(CC(C)F)(C(=O)O)c1ncccc1S(=O)(=O)Cl. The van der Waals surface area contributed by atoms with E-state index in [2.05, 4.69) is 4.98 Å². The number of carboxylic acids is 1. The van der Waals surface area contributed by atoms with Crippen molar-refractivity contribution in [2.75, 3.05) is 7.11 Å². The Morgan fingerprint density at radius 3 is 2.65 bits per heavy atom. The van der Waals surface area contributed by atoms with Crippen LogP contribution in [0.5, 0.6) is 0 Å². The third-order valence-electron chi connectivity index (χ3n) is 2.68. The van der Waals surface area contributed by atoms with Gasteiger partial charge in [-0.2, -0.15) is 0 Å². The van der Waals surface area contributed by atoms with Gasteiger partial charge in [-0.05, 0) is 19.1 Å². The highest BCUT2D eigenvalue weighted by atomic mass is 35.7. The van der Waals surface area contributed by atoms with Gasteiger partial charge < -0.3 is 9.84 Å². The van der Waals surface area contributed by atoms with Crippen LogP contribution in [0.2, 0.25) is 0 Å². The quantitative estimate of drug-likeness (QED) is 0.800. The number of rotatable bonds is 6. The van der Waals surface area contributed by atoms with E-state index in [4.69, 9.17) is 15.4 Å². The van der Waals surface area contributed by atoms with Gasteiger partial charge in [-0.15, -0.1) is 0 Å². The molecule has 2 atom stereocenters. The van der Waals surface area contributed by atoms with Crippen LogP contribution < -0.4 is 0 Å². The van der Waals surface area contributed by atoms with Gasteiger partial charge in [0.2, 0.25) is 5.60 Å². The lowest BCUT2D eigenvalue weighted by Gasteiger charge is -2.29. The Hall–Kier alpha value is -1.25. The molecule has 6 nitrogen and oxygen atoms in total. The first-order chi connectivity index (χ1) is 9.15. The maximum absolute atomic E-state index is 13.3. The molecule has 0 aliphatic heterocycles. The van der Waals surface area contributed by atoms with Crippen LogP contribution in [0.4, 0.5) is 4.39 Å². The molecular weight excluding hydrogens is 313 g/mol. The summed E-state index contributed by atoms with van der Waals surface area (Å²) in [6.45, 7) is 1.13. The first kappa shape index (κ1) is 16.8. The van der Waals surface area contributed by atoms with Crippen molar-refractivity contribution >= 4 is 25.7 Å². The number of carbonyl (C=O) groups is 1. The van der Waals surface area contributed by atoms with E-state index in [0.717, 1.165) is 20.1 Å². The maximum Gasteiger partial charge on any atom is 0.342 e. The van der Waals surface area contributed by atoms with Crippen molar-refractivity contribution in [2.24, 2.45) is 0 Å². The number of aromatic nitrogens is 1. The van der Waals surface area contributed by atoms with E-state index in [1.165, 1.54) is 12.3 Å². The zero-order chi connectivity index (χ0) is 15.6. The molecule has 0 saturated carbocycles. The maximum atomic E-state index is 13.3. The second kappa shape index (κ2) is 6.02. The number of pyridine rings is 1. The molecule has 1 aromatic rings. The summed E-state index contributed by atoms with van der Waals surface area (Å²) < 4.78 is 41.2. The fourth-order valence-electron chi connectivity index (χ4n) is 1.84. The van der Waals surface area contributed by atoms with Crippen LogP contribution >= 0.6 is 10.7 Å². The molecule has 0 aromatic carbocycles. The molecular formula is C11H13ClFNO5S. The first-order valence-electron chi connectivity index (χ1n) is 5.48. The smallest absolute Gasteiger partial charge is 0.342 e. The van der Waals surface area contributed by atoms with E-state index in [0.29, 0.717) is 0 Å². The van der Waals surface area contributed by atoms with Crippen LogP contribution in [0.25, 0.3) is 0 Å². The van der Waals surface area contributed by atoms with E-state index in [1.807, 2.05) is 0 Å². The average molecular weight is 326 g/mol.